The highest BCUT2D eigenvalue weighted by Crippen LogP contribution is 2.63. The standard InChI is InChI=1S/C38H44N2O5/c41-39(42)9-7-31-3-1-5-35(33(31)23-37-17-25-11-26(18-37)13-27(12-25)19-37)45-36-6-2-4-32(8-10-40(43)44)34(36)24-38-20-28-14-29(21-38)16-30(15-28)22-38/h1-10,25-30H,11-24H2/b9-7+,10-8+. The molecule has 45 heavy (non-hydrogen) atoms. The van der Waals surface area contributed by atoms with Crippen LogP contribution in [0, 0.1) is 66.6 Å². The summed E-state index contributed by atoms with van der Waals surface area (Å²) in [7, 11) is 0. The summed E-state index contributed by atoms with van der Waals surface area (Å²) in [6.45, 7) is 0. The predicted octanol–water partition coefficient (Wildman–Crippen LogP) is 9.49. The van der Waals surface area contributed by atoms with E-state index in [0.29, 0.717) is 0 Å². The van der Waals surface area contributed by atoms with Crippen LogP contribution < -0.4 is 4.74 Å². The van der Waals surface area contributed by atoms with E-state index in [0.717, 1.165) is 94.5 Å². The van der Waals surface area contributed by atoms with Gasteiger partial charge in [-0.3, -0.25) is 20.2 Å². The summed E-state index contributed by atoms with van der Waals surface area (Å²) in [5, 5.41) is 22.8. The molecular weight excluding hydrogens is 564 g/mol. The van der Waals surface area contributed by atoms with Gasteiger partial charge in [0.25, 0.3) is 0 Å². The lowest BCUT2D eigenvalue weighted by atomic mass is 9.48. The highest BCUT2D eigenvalue weighted by atomic mass is 16.6. The molecular formula is C38H44N2O5. The molecule has 0 unspecified atom stereocenters. The number of hydrogen-bond donors (Lipinski definition) is 0. The van der Waals surface area contributed by atoms with Gasteiger partial charge in [-0.1, -0.05) is 24.3 Å². The quantitative estimate of drug-likeness (QED) is 0.198. The molecule has 0 radical (unpaired) electrons. The van der Waals surface area contributed by atoms with Crippen LogP contribution in [0.25, 0.3) is 12.2 Å². The third kappa shape index (κ3) is 5.72. The zero-order valence-corrected chi connectivity index (χ0v) is 26.1. The normalized spacial score (nSPS) is 35.9. The molecule has 0 atom stereocenters. The van der Waals surface area contributed by atoms with E-state index in [1.807, 2.05) is 36.4 Å². The molecule has 0 saturated heterocycles. The predicted molar refractivity (Wildman–Crippen MR) is 174 cm³/mol. The van der Waals surface area contributed by atoms with Crippen LogP contribution in [0.3, 0.4) is 0 Å². The highest BCUT2D eigenvalue weighted by Gasteiger charge is 2.52. The zero-order chi connectivity index (χ0) is 30.8. The van der Waals surface area contributed by atoms with Gasteiger partial charge in [-0.15, -0.1) is 0 Å². The van der Waals surface area contributed by atoms with Crippen LogP contribution in [0.5, 0.6) is 11.5 Å². The fourth-order valence-electron chi connectivity index (χ4n) is 12.2. The third-order valence-electron chi connectivity index (χ3n) is 12.7. The van der Waals surface area contributed by atoms with Gasteiger partial charge >= 0.3 is 0 Å². The number of ether oxygens (including phenoxy) is 1. The third-order valence-corrected chi connectivity index (χ3v) is 12.7. The molecule has 2 aromatic rings. The van der Waals surface area contributed by atoms with Crippen LogP contribution in [-0.2, 0) is 12.8 Å². The van der Waals surface area contributed by atoms with Crippen LogP contribution >= 0.6 is 0 Å². The van der Waals surface area contributed by atoms with Gasteiger partial charge in [0, 0.05) is 23.3 Å². The van der Waals surface area contributed by atoms with E-state index in [2.05, 4.69) is 0 Å². The Labute approximate surface area is 265 Å². The number of benzene rings is 2. The Balaban J connectivity index is 1.18. The Kier molecular flexibility index (Phi) is 7.14. The molecule has 10 rings (SSSR count). The zero-order valence-electron chi connectivity index (χ0n) is 26.1. The lowest BCUT2D eigenvalue weighted by Gasteiger charge is -2.57. The first-order valence-corrected chi connectivity index (χ1v) is 17.3. The molecule has 0 aromatic heterocycles. The van der Waals surface area contributed by atoms with E-state index in [1.54, 1.807) is 12.2 Å². The molecule has 0 N–H and O–H groups in total. The minimum atomic E-state index is -0.392. The van der Waals surface area contributed by atoms with Crippen molar-refractivity contribution in [2.75, 3.05) is 0 Å². The largest absolute Gasteiger partial charge is 0.457 e. The average molecular weight is 609 g/mol. The fraction of sp³-hybridized carbons (Fsp3) is 0.579. The number of nitrogens with zero attached hydrogens (tertiary/aromatic N) is 2. The molecule has 0 amide bonds. The summed E-state index contributed by atoms with van der Waals surface area (Å²) >= 11 is 0. The van der Waals surface area contributed by atoms with Crippen molar-refractivity contribution in [2.45, 2.75) is 89.9 Å². The van der Waals surface area contributed by atoms with Crippen molar-refractivity contribution in [3.05, 3.63) is 91.3 Å². The van der Waals surface area contributed by atoms with Gasteiger partial charge < -0.3 is 4.74 Å². The Morgan fingerprint density at radius 3 is 1.24 bits per heavy atom. The Morgan fingerprint density at radius 2 is 0.933 bits per heavy atom. The molecule has 0 heterocycles. The molecule has 8 fully saturated rings. The maximum absolute atomic E-state index is 11.4. The Morgan fingerprint density at radius 1 is 0.600 bits per heavy atom. The summed E-state index contributed by atoms with van der Waals surface area (Å²) in [6.07, 6.45) is 22.7. The molecule has 0 aliphatic heterocycles. The van der Waals surface area contributed by atoms with Crippen LogP contribution in [-0.4, -0.2) is 9.85 Å². The second-order valence-electron chi connectivity index (χ2n) is 16.1. The maximum atomic E-state index is 11.4. The molecule has 8 bridgehead atoms. The van der Waals surface area contributed by atoms with Gasteiger partial charge in [0.2, 0.25) is 12.4 Å². The lowest BCUT2D eigenvalue weighted by Crippen LogP contribution is -2.47. The highest BCUT2D eigenvalue weighted by molar-refractivity contribution is 5.61. The first kappa shape index (κ1) is 29.0. The second-order valence-corrected chi connectivity index (χ2v) is 16.1. The van der Waals surface area contributed by atoms with Gasteiger partial charge in [0.15, 0.2) is 0 Å². The van der Waals surface area contributed by atoms with Crippen molar-refractivity contribution in [3.63, 3.8) is 0 Å². The van der Waals surface area contributed by atoms with E-state index in [9.17, 15) is 20.2 Å². The van der Waals surface area contributed by atoms with Crippen LogP contribution in [0.1, 0.15) is 99.3 Å². The maximum Gasteiger partial charge on any atom is 0.235 e. The fourth-order valence-corrected chi connectivity index (χ4v) is 12.2. The summed E-state index contributed by atoms with van der Waals surface area (Å²) in [5.74, 6) is 6.35. The van der Waals surface area contributed by atoms with Crippen molar-refractivity contribution in [3.8, 4) is 11.5 Å². The van der Waals surface area contributed by atoms with Crippen LogP contribution in [0.2, 0.25) is 0 Å². The summed E-state index contributed by atoms with van der Waals surface area (Å²) in [5.41, 5.74) is 4.28. The summed E-state index contributed by atoms with van der Waals surface area (Å²) < 4.78 is 6.96. The molecule has 8 aliphatic rings. The molecule has 2 aromatic carbocycles. The van der Waals surface area contributed by atoms with Crippen molar-refractivity contribution < 1.29 is 14.6 Å². The van der Waals surface area contributed by atoms with E-state index in [-0.39, 0.29) is 10.8 Å². The topological polar surface area (TPSA) is 95.5 Å². The van der Waals surface area contributed by atoms with Crippen molar-refractivity contribution >= 4 is 12.2 Å². The molecule has 7 heteroatoms. The van der Waals surface area contributed by atoms with Crippen molar-refractivity contribution in [1.29, 1.82) is 0 Å². The molecule has 236 valence electrons. The summed E-state index contributed by atoms with van der Waals surface area (Å²) in [4.78, 5) is 22.0. The Bertz CT molecular complexity index is 1390. The van der Waals surface area contributed by atoms with Gasteiger partial charge in [-0.2, -0.15) is 0 Å². The number of nitro groups is 2. The van der Waals surface area contributed by atoms with E-state index in [4.69, 9.17) is 4.74 Å². The first-order valence-electron chi connectivity index (χ1n) is 17.3. The lowest BCUT2D eigenvalue weighted by molar-refractivity contribution is -0.401. The van der Waals surface area contributed by atoms with Crippen LogP contribution in [0.4, 0.5) is 0 Å². The summed E-state index contributed by atoms with van der Waals surface area (Å²) in [6, 6.07) is 11.9. The van der Waals surface area contributed by atoms with E-state index in [1.165, 1.54) is 77.0 Å². The SMILES string of the molecule is O=[N+]([O-])/C=C/c1cccc(Oc2cccc(/C=C/[N+](=O)[O-])c2CC23CC4CC(CC(C4)C2)C3)c1CC12CC3CC(CC(C3)C1)C2. The number of rotatable bonds is 10. The molecule has 8 aliphatic carbocycles. The van der Waals surface area contributed by atoms with Gasteiger partial charge in [0.05, 0.1) is 9.85 Å². The van der Waals surface area contributed by atoms with Crippen molar-refractivity contribution in [1.82, 2.24) is 0 Å². The van der Waals surface area contributed by atoms with Crippen molar-refractivity contribution in [2.24, 2.45) is 46.3 Å². The Hall–Kier alpha value is -3.48. The van der Waals surface area contributed by atoms with Gasteiger partial charge in [0.1, 0.15) is 11.5 Å². The second kappa shape index (κ2) is 11.1. The van der Waals surface area contributed by atoms with E-state index < -0.39 is 9.85 Å². The number of hydrogen-bond acceptors (Lipinski definition) is 5. The van der Waals surface area contributed by atoms with Gasteiger partial charge in [-0.05, 0) is 159 Å². The van der Waals surface area contributed by atoms with E-state index >= 15 is 0 Å². The smallest absolute Gasteiger partial charge is 0.235 e. The minimum absolute atomic E-state index is 0.226. The molecule has 8 saturated carbocycles. The average Bonchev–Trinajstić information content (AvgIpc) is 2.95. The first-order chi connectivity index (χ1) is 21.7. The van der Waals surface area contributed by atoms with Gasteiger partial charge in [-0.25, -0.2) is 0 Å². The molecule has 0 spiro atoms. The molecule has 7 nitrogen and oxygen atoms in total. The minimum Gasteiger partial charge on any atom is -0.457 e. The van der Waals surface area contributed by atoms with Crippen LogP contribution in [0.15, 0.2) is 48.8 Å². The monoisotopic (exact) mass is 608 g/mol.